The van der Waals surface area contributed by atoms with Gasteiger partial charge in [0.2, 0.25) is 0 Å². The fraction of sp³-hybridized carbons (Fsp3) is 0.269. The van der Waals surface area contributed by atoms with Crippen LogP contribution in [0.1, 0.15) is 25.0 Å². The molecule has 0 unspecified atom stereocenters. The number of ether oxygens (including phenoxy) is 1. The van der Waals surface area contributed by atoms with E-state index in [1.807, 2.05) is 23.0 Å². The number of nitrogens with one attached hydrogen (secondary N) is 1. The third kappa shape index (κ3) is 3.85. The summed E-state index contributed by atoms with van der Waals surface area (Å²) in [4.78, 5) is 16.2. The van der Waals surface area contributed by atoms with E-state index in [0.29, 0.717) is 0 Å². The number of fused-ring (bicyclic) bond motifs is 2. The molecule has 7 heteroatoms. The Morgan fingerprint density at radius 3 is 2.67 bits per heavy atom. The molecule has 2 aromatic carbocycles. The molecule has 0 spiro atoms. The van der Waals surface area contributed by atoms with Crippen LogP contribution < -0.4 is 10.2 Å². The summed E-state index contributed by atoms with van der Waals surface area (Å²) in [6, 6.07) is 14.9. The lowest BCUT2D eigenvalue weighted by Gasteiger charge is -2.36. The molecule has 4 aromatic rings. The number of anilines is 3. The lowest BCUT2D eigenvalue weighted by Crippen LogP contribution is -2.45. The first kappa shape index (κ1) is 19.9. The number of nitrogens with zero attached hydrogens (tertiary/aromatic N) is 5. The molecule has 1 N–H and O–H groups in total. The van der Waals surface area contributed by atoms with Crippen molar-refractivity contribution in [3.63, 3.8) is 0 Å². The summed E-state index contributed by atoms with van der Waals surface area (Å²) in [5, 5.41) is 3.48. The van der Waals surface area contributed by atoms with E-state index < -0.39 is 0 Å². The number of benzene rings is 2. The van der Waals surface area contributed by atoms with E-state index in [2.05, 4.69) is 76.5 Å². The van der Waals surface area contributed by atoms with E-state index in [1.54, 1.807) is 6.20 Å². The topological polar surface area (TPSA) is 67.0 Å². The Bertz CT molecular complexity index is 1330. The zero-order chi connectivity index (χ0) is 22.4. The van der Waals surface area contributed by atoms with Crippen LogP contribution in [0.2, 0.25) is 0 Å². The van der Waals surface area contributed by atoms with Crippen LogP contribution >= 0.6 is 0 Å². The second kappa shape index (κ2) is 8.01. The molecule has 7 nitrogen and oxygen atoms in total. The average Bonchev–Trinajstić information content (AvgIpc) is 3.48. The zero-order valence-corrected chi connectivity index (χ0v) is 18.8. The molecular formula is C26H26N6O. The monoisotopic (exact) mass is 438 g/mol. The molecule has 0 bridgehead atoms. The largest absolute Gasteiger partial charge is 0.372 e. The van der Waals surface area contributed by atoms with Crippen molar-refractivity contribution < 1.29 is 4.74 Å². The molecule has 0 radical (unpaired) electrons. The van der Waals surface area contributed by atoms with Gasteiger partial charge in [0.15, 0.2) is 11.5 Å². The van der Waals surface area contributed by atoms with Gasteiger partial charge in [-0.1, -0.05) is 12.1 Å². The first-order valence-corrected chi connectivity index (χ1v) is 11.4. The maximum absolute atomic E-state index is 5.87. The number of hydrogen-bond acceptors (Lipinski definition) is 6. The standard InChI is InChI=1S/C26H26N6O/c1-17-14-32(15-18(2)33-17)23-7-5-22(6-8-23)29-25-26-28-9-10-31(26)16-24(30-25)19-3-4-20-12-27-13-21(20)11-19/h3-12,16-18H,13-15H2,1-2H3,(H,29,30)/t17-,18+. The van der Waals surface area contributed by atoms with Gasteiger partial charge in [-0.25, -0.2) is 9.97 Å². The molecule has 166 valence electrons. The van der Waals surface area contributed by atoms with Crippen molar-refractivity contribution in [3.8, 4) is 11.3 Å². The Morgan fingerprint density at radius 1 is 1.03 bits per heavy atom. The van der Waals surface area contributed by atoms with Gasteiger partial charge >= 0.3 is 0 Å². The van der Waals surface area contributed by atoms with Crippen LogP contribution in [0, 0.1) is 0 Å². The number of hydrogen-bond donors (Lipinski definition) is 1. The molecule has 6 rings (SSSR count). The summed E-state index contributed by atoms with van der Waals surface area (Å²) in [6.07, 6.45) is 8.17. The summed E-state index contributed by atoms with van der Waals surface area (Å²) in [6.45, 7) is 6.79. The van der Waals surface area contributed by atoms with E-state index in [4.69, 9.17) is 9.72 Å². The molecule has 2 atom stereocenters. The van der Waals surface area contributed by atoms with Crippen LogP contribution in [0.3, 0.4) is 0 Å². The smallest absolute Gasteiger partial charge is 0.180 e. The Balaban J connectivity index is 1.29. The second-order valence-corrected chi connectivity index (χ2v) is 8.85. The van der Waals surface area contributed by atoms with Crippen LogP contribution in [0.15, 0.2) is 66.0 Å². The SMILES string of the molecule is C[C@@H]1CN(c2ccc(Nc3nc(-c4ccc5c(c4)CN=C5)cn4ccnc34)cc2)C[C@H](C)O1. The van der Waals surface area contributed by atoms with Gasteiger partial charge in [0, 0.05) is 54.8 Å². The van der Waals surface area contributed by atoms with E-state index >= 15 is 0 Å². The summed E-state index contributed by atoms with van der Waals surface area (Å²) < 4.78 is 7.88. The highest BCUT2D eigenvalue weighted by Crippen LogP contribution is 2.28. The van der Waals surface area contributed by atoms with Crippen molar-refractivity contribution in [1.29, 1.82) is 0 Å². The number of aliphatic imine (C=N–C) groups is 1. The van der Waals surface area contributed by atoms with Crippen molar-refractivity contribution in [2.75, 3.05) is 23.3 Å². The molecule has 4 heterocycles. The van der Waals surface area contributed by atoms with Gasteiger partial charge in [-0.05, 0) is 55.3 Å². The van der Waals surface area contributed by atoms with Crippen LogP contribution in [0.4, 0.5) is 17.2 Å². The van der Waals surface area contributed by atoms with Crippen LogP contribution in [-0.2, 0) is 11.3 Å². The minimum Gasteiger partial charge on any atom is -0.372 e. The average molecular weight is 439 g/mol. The van der Waals surface area contributed by atoms with E-state index in [9.17, 15) is 0 Å². The molecule has 2 aliphatic heterocycles. The molecule has 0 saturated carbocycles. The fourth-order valence-electron chi connectivity index (χ4n) is 4.71. The van der Waals surface area contributed by atoms with Gasteiger partial charge < -0.3 is 19.4 Å². The summed E-state index contributed by atoms with van der Waals surface area (Å²) >= 11 is 0. The van der Waals surface area contributed by atoms with Gasteiger partial charge in [-0.3, -0.25) is 4.99 Å². The van der Waals surface area contributed by atoms with Crippen molar-refractivity contribution in [2.45, 2.75) is 32.6 Å². The van der Waals surface area contributed by atoms with Crippen molar-refractivity contribution in [3.05, 3.63) is 72.2 Å². The molecule has 2 aromatic heterocycles. The molecule has 33 heavy (non-hydrogen) atoms. The number of aromatic nitrogens is 3. The van der Waals surface area contributed by atoms with Crippen molar-refractivity contribution in [2.24, 2.45) is 4.99 Å². The minimum atomic E-state index is 0.234. The van der Waals surface area contributed by atoms with E-state index in [-0.39, 0.29) is 12.2 Å². The Kier molecular flexibility index (Phi) is 4.84. The van der Waals surface area contributed by atoms with E-state index in [0.717, 1.165) is 48.0 Å². The molecule has 2 aliphatic rings. The third-order valence-corrected chi connectivity index (χ3v) is 6.22. The van der Waals surface area contributed by atoms with Crippen molar-refractivity contribution >= 4 is 29.1 Å². The Morgan fingerprint density at radius 2 is 1.85 bits per heavy atom. The molecule has 0 amide bonds. The molecular weight excluding hydrogens is 412 g/mol. The maximum atomic E-state index is 5.87. The summed E-state index contributed by atoms with van der Waals surface area (Å²) in [5.41, 5.74) is 7.36. The number of morpholine rings is 1. The minimum absolute atomic E-state index is 0.234. The quantitative estimate of drug-likeness (QED) is 0.501. The second-order valence-electron chi connectivity index (χ2n) is 8.85. The zero-order valence-electron chi connectivity index (χ0n) is 18.8. The third-order valence-electron chi connectivity index (χ3n) is 6.22. The molecule has 1 saturated heterocycles. The predicted octanol–water partition coefficient (Wildman–Crippen LogP) is 4.69. The first-order valence-electron chi connectivity index (χ1n) is 11.4. The van der Waals surface area contributed by atoms with Crippen LogP contribution in [0.5, 0.6) is 0 Å². The fourth-order valence-corrected chi connectivity index (χ4v) is 4.71. The predicted molar refractivity (Wildman–Crippen MR) is 132 cm³/mol. The van der Waals surface area contributed by atoms with Gasteiger partial charge in [0.05, 0.1) is 24.4 Å². The highest BCUT2D eigenvalue weighted by atomic mass is 16.5. The van der Waals surface area contributed by atoms with Gasteiger partial charge in [-0.15, -0.1) is 0 Å². The normalized spacial score (nSPS) is 19.8. The molecule has 1 fully saturated rings. The van der Waals surface area contributed by atoms with Crippen LogP contribution in [0.25, 0.3) is 16.9 Å². The Labute approximate surface area is 192 Å². The lowest BCUT2D eigenvalue weighted by molar-refractivity contribution is -0.00521. The number of imidazole rings is 1. The maximum Gasteiger partial charge on any atom is 0.180 e. The molecule has 0 aliphatic carbocycles. The summed E-state index contributed by atoms with van der Waals surface area (Å²) in [7, 11) is 0. The van der Waals surface area contributed by atoms with Crippen LogP contribution in [-0.4, -0.2) is 45.9 Å². The van der Waals surface area contributed by atoms with Crippen molar-refractivity contribution in [1.82, 2.24) is 14.4 Å². The van der Waals surface area contributed by atoms with Gasteiger partial charge in [0.1, 0.15) is 0 Å². The Hall–Kier alpha value is -3.71. The highest BCUT2D eigenvalue weighted by molar-refractivity contribution is 5.86. The van der Waals surface area contributed by atoms with Gasteiger partial charge in [-0.2, -0.15) is 0 Å². The van der Waals surface area contributed by atoms with Gasteiger partial charge in [0.25, 0.3) is 0 Å². The first-order chi connectivity index (χ1) is 16.1. The highest BCUT2D eigenvalue weighted by Gasteiger charge is 2.22. The van der Waals surface area contributed by atoms with E-state index in [1.165, 1.54) is 16.8 Å². The lowest BCUT2D eigenvalue weighted by atomic mass is 10.0. The summed E-state index contributed by atoms with van der Waals surface area (Å²) in [5.74, 6) is 0.732. The number of rotatable bonds is 4.